The van der Waals surface area contributed by atoms with Crippen LogP contribution in [0.3, 0.4) is 0 Å². The fourth-order valence-electron chi connectivity index (χ4n) is 3.65. The number of hydrogen-bond donors (Lipinski definition) is 0. The predicted octanol–water partition coefficient (Wildman–Crippen LogP) is 1.52. The molecule has 2 fully saturated rings. The van der Waals surface area contributed by atoms with Gasteiger partial charge in [0.1, 0.15) is 0 Å². The molecule has 0 aromatic carbocycles. The van der Waals surface area contributed by atoms with Gasteiger partial charge in [-0.15, -0.1) is 0 Å². The van der Waals surface area contributed by atoms with E-state index in [2.05, 4.69) is 11.8 Å². The Morgan fingerprint density at radius 2 is 1.81 bits per heavy atom. The van der Waals surface area contributed by atoms with Crippen molar-refractivity contribution in [1.29, 1.82) is 0 Å². The second-order valence-corrected chi connectivity index (χ2v) is 6.19. The molecule has 0 N–H and O–H groups in total. The van der Waals surface area contributed by atoms with Crippen molar-refractivity contribution in [2.24, 2.45) is 11.8 Å². The van der Waals surface area contributed by atoms with Crippen LogP contribution >= 0.6 is 0 Å². The van der Waals surface area contributed by atoms with Gasteiger partial charge in [-0.05, 0) is 38.8 Å². The first kappa shape index (κ1) is 16.3. The first-order chi connectivity index (χ1) is 10.2. The third-order valence-corrected chi connectivity index (χ3v) is 4.78. The normalized spacial score (nSPS) is 27.4. The lowest BCUT2D eigenvalue weighted by Gasteiger charge is -2.26. The molecule has 1 saturated heterocycles. The summed E-state index contributed by atoms with van der Waals surface area (Å²) in [5.41, 5.74) is 0. The van der Waals surface area contributed by atoms with Gasteiger partial charge < -0.3 is 14.5 Å². The van der Waals surface area contributed by atoms with E-state index in [1.165, 1.54) is 7.11 Å². The molecule has 5 nitrogen and oxygen atoms in total. The first-order valence-electron chi connectivity index (χ1n) is 8.26. The minimum Gasteiger partial charge on any atom is -0.469 e. The molecule has 5 heteroatoms. The van der Waals surface area contributed by atoms with E-state index in [0.29, 0.717) is 0 Å². The third kappa shape index (κ3) is 3.96. The molecule has 0 spiro atoms. The summed E-state index contributed by atoms with van der Waals surface area (Å²) < 4.78 is 4.86. The third-order valence-electron chi connectivity index (χ3n) is 4.78. The lowest BCUT2D eigenvalue weighted by Crippen LogP contribution is -2.41. The van der Waals surface area contributed by atoms with Crippen LogP contribution in [0.4, 0.5) is 0 Å². The molecule has 1 amide bonds. The van der Waals surface area contributed by atoms with Crippen molar-refractivity contribution in [2.75, 3.05) is 39.8 Å². The summed E-state index contributed by atoms with van der Waals surface area (Å²) in [6, 6.07) is 0. The number of nitrogens with zero attached hydrogens (tertiary/aromatic N) is 2. The fraction of sp³-hybridized carbons (Fsp3) is 0.875. The van der Waals surface area contributed by atoms with Gasteiger partial charge in [-0.2, -0.15) is 0 Å². The summed E-state index contributed by atoms with van der Waals surface area (Å²) in [5.74, 6) is -0.429. The number of methoxy groups -OCH3 is 1. The summed E-state index contributed by atoms with van der Waals surface area (Å²) in [6.45, 7) is 6.94. The van der Waals surface area contributed by atoms with Gasteiger partial charge in [0.05, 0.1) is 18.9 Å². The maximum absolute atomic E-state index is 12.7. The molecule has 0 radical (unpaired) electrons. The highest BCUT2D eigenvalue weighted by Crippen LogP contribution is 2.34. The zero-order valence-electron chi connectivity index (χ0n) is 13.3. The van der Waals surface area contributed by atoms with Crippen molar-refractivity contribution in [3.63, 3.8) is 0 Å². The number of carbonyl (C=O) groups excluding carboxylic acids is 2. The molecule has 2 unspecified atom stereocenters. The number of esters is 1. The van der Waals surface area contributed by atoms with E-state index in [-0.39, 0.29) is 23.7 Å². The van der Waals surface area contributed by atoms with Crippen LogP contribution < -0.4 is 0 Å². The lowest BCUT2D eigenvalue weighted by molar-refractivity contribution is -0.151. The summed E-state index contributed by atoms with van der Waals surface area (Å²) in [7, 11) is 1.41. The number of carbonyl (C=O) groups is 2. The molecule has 120 valence electrons. The molecule has 2 aliphatic rings. The fourth-order valence-corrected chi connectivity index (χ4v) is 3.65. The molecule has 21 heavy (non-hydrogen) atoms. The number of hydrogen-bond acceptors (Lipinski definition) is 4. The van der Waals surface area contributed by atoms with E-state index >= 15 is 0 Å². The Bertz CT molecular complexity index is 373. The minimum absolute atomic E-state index is 0.157. The Labute approximate surface area is 127 Å². The van der Waals surface area contributed by atoms with Gasteiger partial charge in [0.2, 0.25) is 5.91 Å². The van der Waals surface area contributed by atoms with Crippen molar-refractivity contribution in [2.45, 2.75) is 39.0 Å². The Kier molecular flexibility index (Phi) is 6.03. The van der Waals surface area contributed by atoms with Crippen LogP contribution in [0.15, 0.2) is 0 Å². The van der Waals surface area contributed by atoms with E-state index < -0.39 is 0 Å². The largest absolute Gasteiger partial charge is 0.469 e. The number of ether oxygens (including phenoxy) is 1. The SMILES string of the molecule is CCCN1CCCN(C(=O)C2CCCC2C(=O)OC)CC1. The van der Waals surface area contributed by atoms with Crippen LogP contribution in [-0.4, -0.2) is 61.5 Å². The molecular formula is C16H28N2O3. The van der Waals surface area contributed by atoms with Crippen LogP contribution in [0.5, 0.6) is 0 Å². The molecule has 1 aliphatic carbocycles. The Morgan fingerprint density at radius 3 is 2.52 bits per heavy atom. The van der Waals surface area contributed by atoms with Crippen molar-refractivity contribution in [1.82, 2.24) is 9.80 Å². The zero-order valence-corrected chi connectivity index (χ0v) is 13.3. The Morgan fingerprint density at radius 1 is 1.05 bits per heavy atom. The average Bonchev–Trinajstić information content (AvgIpc) is 2.87. The monoisotopic (exact) mass is 296 g/mol. The summed E-state index contributed by atoms with van der Waals surface area (Å²) in [6.07, 6.45) is 4.75. The lowest BCUT2D eigenvalue weighted by atomic mass is 9.94. The van der Waals surface area contributed by atoms with Gasteiger partial charge in [-0.25, -0.2) is 0 Å². The molecule has 2 rings (SSSR count). The minimum atomic E-state index is -0.225. The highest BCUT2D eigenvalue weighted by Gasteiger charge is 2.40. The van der Waals surface area contributed by atoms with Crippen molar-refractivity contribution < 1.29 is 14.3 Å². The van der Waals surface area contributed by atoms with Crippen LogP contribution in [0.2, 0.25) is 0 Å². The van der Waals surface area contributed by atoms with E-state index in [1.54, 1.807) is 0 Å². The van der Waals surface area contributed by atoms with Gasteiger partial charge in [0.15, 0.2) is 0 Å². The molecule has 1 heterocycles. The highest BCUT2D eigenvalue weighted by atomic mass is 16.5. The summed E-state index contributed by atoms with van der Waals surface area (Å²) >= 11 is 0. The first-order valence-corrected chi connectivity index (χ1v) is 8.26. The molecule has 0 aromatic heterocycles. The Hall–Kier alpha value is -1.10. The quantitative estimate of drug-likeness (QED) is 0.738. The average molecular weight is 296 g/mol. The molecule has 0 aromatic rings. The second kappa shape index (κ2) is 7.78. The maximum atomic E-state index is 12.7. The van der Waals surface area contributed by atoms with E-state index in [0.717, 1.165) is 64.8 Å². The number of amides is 1. The molecule has 1 saturated carbocycles. The van der Waals surface area contributed by atoms with Gasteiger partial charge in [0, 0.05) is 19.6 Å². The van der Waals surface area contributed by atoms with Gasteiger partial charge in [0.25, 0.3) is 0 Å². The van der Waals surface area contributed by atoms with Gasteiger partial charge in [-0.1, -0.05) is 13.3 Å². The second-order valence-electron chi connectivity index (χ2n) is 6.19. The number of rotatable bonds is 4. The molecular weight excluding hydrogens is 268 g/mol. The van der Waals surface area contributed by atoms with E-state index in [4.69, 9.17) is 4.74 Å². The Balaban J connectivity index is 1.94. The summed E-state index contributed by atoms with van der Waals surface area (Å²) in [4.78, 5) is 29.0. The molecule has 1 aliphatic heterocycles. The van der Waals surface area contributed by atoms with Crippen LogP contribution in [0, 0.1) is 11.8 Å². The van der Waals surface area contributed by atoms with E-state index in [9.17, 15) is 9.59 Å². The van der Waals surface area contributed by atoms with Crippen LogP contribution in [0.1, 0.15) is 39.0 Å². The van der Waals surface area contributed by atoms with Crippen LogP contribution in [-0.2, 0) is 14.3 Å². The predicted molar refractivity (Wildman–Crippen MR) is 80.8 cm³/mol. The standard InChI is InChI=1S/C16H28N2O3/c1-3-8-17-9-5-10-18(12-11-17)15(19)13-6-4-7-14(13)16(20)21-2/h13-14H,3-12H2,1-2H3. The maximum Gasteiger partial charge on any atom is 0.309 e. The summed E-state index contributed by atoms with van der Waals surface area (Å²) in [5, 5.41) is 0. The van der Waals surface area contributed by atoms with Crippen molar-refractivity contribution in [3.8, 4) is 0 Å². The zero-order chi connectivity index (χ0) is 15.2. The van der Waals surface area contributed by atoms with Gasteiger partial charge in [-0.3, -0.25) is 9.59 Å². The smallest absolute Gasteiger partial charge is 0.309 e. The van der Waals surface area contributed by atoms with Gasteiger partial charge >= 0.3 is 5.97 Å². The molecule has 0 bridgehead atoms. The topological polar surface area (TPSA) is 49.9 Å². The van der Waals surface area contributed by atoms with E-state index in [1.807, 2.05) is 4.90 Å². The molecule has 2 atom stereocenters. The van der Waals surface area contributed by atoms with Crippen LogP contribution in [0.25, 0.3) is 0 Å². The highest BCUT2D eigenvalue weighted by molar-refractivity contribution is 5.86. The van der Waals surface area contributed by atoms with Crippen molar-refractivity contribution >= 4 is 11.9 Å². The van der Waals surface area contributed by atoms with Crippen molar-refractivity contribution in [3.05, 3.63) is 0 Å².